The maximum Gasteiger partial charge on any atom is 0.319 e. The van der Waals surface area contributed by atoms with Crippen molar-refractivity contribution >= 4 is 27.6 Å². The van der Waals surface area contributed by atoms with Gasteiger partial charge in [-0.1, -0.05) is 15.9 Å². The van der Waals surface area contributed by atoms with Crippen molar-refractivity contribution in [3.8, 4) is 5.75 Å². The summed E-state index contributed by atoms with van der Waals surface area (Å²) in [5.74, 6) is 0.691. The monoisotopic (exact) mass is 272 g/mol. The van der Waals surface area contributed by atoms with Crippen molar-refractivity contribution in [1.82, 2.24) is 5.32 Å². The Labute approximate surface area is 97.1 Å². The van der Waals surface area contributed by atoms with Crippen LogP contribution in [0, 0.1) is 0 Å². The Morgan fingerprint density at radius 3 is 2.80 bits per heavy atom. The van der Waals surface area contributed by atoms with E-state index in [0.29, 0.717) is 18.0 Å². The molecule has 0 bridgehead atoms. The average Bonchev–Trinajstić information content (AvgIpc) is 2.17. The third-order valence-electron chi connectivity index (χ3n) is 1.70. The molecular formula is C10H13BrN2O2. The second-order valence-corrected chi connectivity index (χ2v) is 3.78. The van der Waals surface area contributed by atoms with Crippen LogP contribution in [0.4, 0.5) is 10.5 Å². The van der Waals surface area contributed by atoms with E-state index >= 15 is 0 Å². The number of anilines is 1. The van der Waals surface area contributed by atoms with Crippen LogP contribution < -0.4 is 15.4 Å². The Morgan fingerprint density at radius 2 is 2.20 bits per heavy atom. The molecule has 0 aromatic heterocycles. The Kier molecular flexibility index (Phi) is 4.42. The summed E-state index contributed by atoms with van der Waals surface area (Å²) in [6.45, 7) is 2.46. The van der Waals surface area contributed by atoms with Crippen LogP contribution in [0.1, 0.15) is 6.92 Å². The molecule has 0 aliphatic carbocycles. The molecule has 82 valence electrons. The van der Waals surface area contributed by atoms with Crippen molar-refractivity contribution in [1.29, 1.82) is 0 Å². The molecule has 0 aliphatic rings. The van der Waals surface area contributed by atoms with Gasteiger partial charge in [0.25, 0.3) is 0 Å². The summed E-state index contributed by atoms with van der Waals surface area (Å²) in [5.41, 5.74) is 0.687. The number of halogens is 1. The Morgan fingerprint density at radius 1 is 1.47 bits per heavy atom. The number of urea groups is 1. The molecule has 0 spiro atoms. The van der Waals surface area contributed by atoms with Gasteiger partial charge in [0.05, 0.1) is 7.11 Å². The first-order valence-electron chi connectivity index (χ1n) is 4.55. The fraction of sp³-hybridized carbons (Fsp3) is 0.300. The minimum atomic E-state index is -0.224. The first-order chi connectivity index (χ1) is 7.15. The van der Waals surface area contributed by atoms with Gasteiger partial charge in [-0.3, -0.25) is 0 Å². The molecule has 0 saturated heterocycles. The van der Waals surface area contributed by atoms with E-state index in [4.69, 9.17) is 4.74 Å². The largest absolute Gasteiger partial charge is 0.497 e. The summed E-state index contributed by atoms with van der Waals surface area (Å²) in [4.78, 5) is 11.2. The first-order valence-corrected chi connectivity index (χ1v) is 5.34. The average molecular weight is 273 g/mol. The van der Waals surface area contributed by atoms with Gasteiger partial charge >= 0.3 is 6.03 Å². The fourth-order valence-electron chi connectivity index (χ4n) is 1.09. The number of methoxy groups -OCH3 is 1. The molecule has 0 fully saturated rings. The highest BCUT2D eigenvalue weighted by atomic mass is 79.9. The van der Waals surface area contributed by atoms with E-state index in [1.54, 1.807) is 19.2 Å². The summed E-state index contributed by atoms with van der Waals surface area (Å²) >= 11 is 3.33. The van der Waals surface area contributed by atoms with Crippen LogP contribution in [-0.4, -0.2) is 19.7 Å². The number of benzene rings is 1. The van der Waals surface area contributed by atoms with Gasteiger partial charge in [0.1, 0.15) is 5.75 Å². The Balaban J connectivity index is 2.76. The van der Waals surface area contributed by atoms with Gasteiger partial charge in [-0.2, -0.15) is 0 Å². The van der Waals surface area contributed by atoms with E-state index in [0.717, 1.165) is 4.47 Å². The van der Waals surface area contributed by atoms with Crippen molar-refractivity contribution in [2.24, 2.45) is 0 Å². The molecule has 5 heteroatoms. The zero-order valence-corrected chi connectivity index (χ0v) is 10.2. The number of carbonyl (C=O) groups excluding carboxylic acids is 1. The molecule has 2 N–H and O–H groups in total. The van der Waals surface area contributed by atoms with Crippen molar-refractivity contribution in [2.45, 2.75) is 6.92 Å². The van der Waals surface area contributed by atoms with Crippen LogP contribution in [0.15, 0.2) is 22.7 Å². The molecule has 1 rings (SSSR count). The Bertz CT molecular complexity index is 355. The van der Waals surface area contributed by atoms with E-state index in [1.165, 1.54) is 0 Å². The maximum atomic E-state index is 11.2. The van der Waals surface area contributed by atoms with Crippen molar-refractivity contribution in [3.63, 3.8) is 0 Å². The van der Waals surface area contributed by atoms with Crippen LogP contribution in [0.3, 0.4) is 0 Å². The van der Waals surface area contributed by atoms with Gasteiger partial charge < -0.3 is 15.4 Å². The molecule has 0 heterocycles. The molecule has 0 atom stereocenters. The molecule has 0 radical (unpaired) electrons. The summed E-state index contributed by atoms with van der Waals surface area (Å²) in [5, 5.41) is 5.34. The lowest BCUT2D eigenvalue weighted by Crippen LogP contribution is -2.28. The molecule has 0 unspecified atom stereocenters. The van der Waals surface area contributed by atoms with Crippen LogP contribution >= 0.6 is 15.9 Å². The number of rotatable bonds is 3. The number of nitrogens with one attached hydrogen (secondary N) is 2. The third kappa shape index (κ3) is 3.79. The highest BCUT2D eigenvalue weighted by molar-refractivity contribution is 9.10. The SMILES string of the molecule is CCNC(=O)Nc1cc(Br)cc(OC)c1. The number of ether oxygens (including phenoxy) is 1. The van der Waals surface area contributed by atoms with Crippen molar-refractivity contribution in [2.75, 3.05) is 19.0 Å². The second-order valence-electron chi connectivity index (χ2n) is 2.86. The quantitative estimate of drug-likeness (QED) is 0.889. The van der Waals surface area contributed by atoms with Gasteiger partial charge in [0.15, 0.2) is 0 Å². The highest BCUT2D eigenvalue weighted by Crippen LogP contribution is 2.24. The third-order valence-corrected chi connectivity index (χ3v) is 2.16. The van der Waals surface area contributed by atoms with Crippen LogP contribution in [-0.2, 0) is 0 Å². The molecule has 4 nitrogen and oxygen atoms in total. The lowest BCUT2D eigenvalue weighted by atomic mass is 10.3. The predicted molar refractivity (Wildman–Crippen MR) is 63.4 cm³/mol. The molecule has 0 aliphatic heterocycles. The number of carbonyl (C=O) groups is 1. The number of hydrogen-bond acceptors (Lipinski definition) is 2. The van der Waals surface area contributed by atoms with E-state index in [2.05, 4.69) is 26.6 Å². The lowest BCUT2D eigenvalue weighted by Gasteiger charge is -2.08. The van der Waals surface area contributed by atoms with Crippen LogP contribution in [0.2, 0.25) is 0 Å². The van der Waals surface area contributed by atoms with E-state index in [1.807, 2.05) is 13.0 Å². The van der Waals surface area contributed by atoms with E-state index in [9.17, 15) is 4.79 Å². The van der Waals surface area contributed by atoms with Crippen LogP contribution in [0.5, 0.6) is 5.75 Å². The Hall–Kier alpha value is -1.23. The van der Waals surface area contributed by atoms with Gasteiger partial charge in [0, 0.05) is 22.8 Å². The lowest BCUT2D eigenvalue weighted by molar-refractivity contribution is 0.252. The minimum absolute atomic E-state index is 0.224. The first kappa shape index (κ1) is 11.8. The van der Waals surface area contributed by atoms with E-state index in [-0.39, 0.29) is 6.03 Å². The van der Waals surface area contributed by atoms with Gasteiger partial charge in [-0.05, 0) is 19.1 Å². The predicted octanol–water partition coefficient (Wildman–Crippen LogP) is 2.60. The summed E-state index contributed by atoms with van der Waals surface area (Å²) < 4.78 is 5.93. The van der Waals surface area contributed by atoms with Crippen molar-refractivity contribution in [3.05, 3.63) is 22.7 Å². The molecular weight excluding hydrogens is 260 g/mol. The molecule has 15 heavy (non-hydrogen) atoms. The highest BCUT2D eigenvalue weighted by Gasteiger charge is 2.02. The number of hydrogen-bond donors (Lipinski definition) is 2. The van der Waals surface area contributed by atoms with Crippen LogP contribution in [0.25, 0.3) is 0 Å². The standard InChI is InChI=1S/C10H13BrN2O2/c1-3-12-10(14)13-8-4-7(11)5-9(6-8)15-2/h4-6H,3H2,1-2H3,(H2,12,13,14). The van der Waals surface area contributed by atoms with Gasteiger partial charge in [0.2, 0.25) is 0 Å². The zero-order chi connectivity index (χ0) is 11.3. The molecule has 2 amide bonds. The normalized spacial score (nSPS) is 9.53. The van der Waals surface area contributed by atoms with Gasteiger partial charge in [-0.25, -0.2) is 4.79 Å². The fourth-order valence-corrected chi connectivity index (χ4v) is 1.56. The minimum Gasteiger partial charge on any atom is -0.497 e. The zero-order valence-electron chi connectivity index (χ0n) is 8.63. The summed E-state index contributed by atoms with van der Waals surface area (Å²) in [6, 6.07) is 5.15. The summed E-state index contributed by atoms with van der Waals surface area (Å²) in [7, 11) is 1.58. The molecule has 1 aromatic rings. The molecule has 0 saturated carbocycles. The molecule has 1 aromatic carbocycles. The smallest absolute Gasteiger partial charge is 0.319 e. The second kappa shape index (κ2) is 5.60. The maximum absolute atomic E-state index is 11.2. The topological polar surface area (TPSA) is 50.4 Å². The number of amides is 2. The van der Waals surface area contributed by atoms with E-state index < -0.39 is 0 Å². The summed E-state index contributed by atoms with van der Waals surface area (Å²) in [6.07, 6.45) is 0. The van der Waals surface area contributed by atoms with Gasteiger partial charge in [-0.15, -0.1) is 0 Å². The van der Waals surface area contributed by atoms with Crippen molar-refractivity contribution < 1.29 is 9.53 Å².